The first-order chi connectivity index (χ1) is 5.96. The zero-order valence-corrected chi connectivity index (χ0v) is 9.39. The highest BCUT2D eigenvalue weighted by Gasteiger charge is 2.35. The summed E-state index contributed by atoms with van der Waals surface area (Å²) in [5.74, 6) is 1.43. The Balaban J connectivity index is 2.65. The van der Waals surface area contributed by atoms with E-state index in [1.165, 1.54) is 0 Å². The fraction of sp³-hybridized carbons (Fsp3) is 0.917. The van der Waals surface area contributed by atoms with Crippen LogP contribution in [0.2, 0.25) is 0 Å². The molecule has 0 heterocycles. The van der Waals surface area contributed by atoms with E-state index in [2.05, 4.69) is 27.7 Å². The molecule has 1 aliphatic rings. The maximum atomic E-state index is 11.7. The number of carbonyl (C=O) groups excluding carboxylic acids is 1. The molecule has 13 heavy (non-hydrogen) atoms. The van der Waals surface area contributed by atoms with E-state index in [9.17, 15) is 4.79 Å². The predicted octanol–water partition coefficient (Wildman–Crippen LogP) is 3.43. The SMILES string of the molecule is CC[C@H](C)[C@@H]1CC(C)(C)CCC1=O. The Morgan fingerprint density at radius 1 is 1.54 bits per heavy atom. The molecule has 0 N–H and O–H groups in total. The molecule has 76 valence electrons. The van der Waals surface area contributed by atoms with Gasteiger partial charge in [-0.1, -0.05) is 34.1 Å². The van der Waals surface area contributed by atoms with Gasteiger partial charge in [-0.3, -0.25) is 4.79 Å². The predicted molar refractivity (Wildman–Crippen MR) is 55.6 cm³/mol. The van der Waals surface area contributed by atoms with Crippen molar-refractivity contribution in [3.8, 4) is 0 Å². The second-order valence-corrected chi connectivity index (χ2v) is 5.33. The number of hydrogen-bond donors (Lipinski definition) is 0. The van der Waals surface area contributed by atoms with Gasteiger partial charge in [0, 0.05) is 12.3 Å². The molecule has 0 unspecified atom stereocenters. The van der Waals surface area contributed by atoms with Gasteiger partial charge in [-0.2, -0.15) is 0 Å². The molecule has 0 aromatic rings. The molecule has 0 spiro atoms. The first-order valence-corrected chi connectivity index (χ1v) is 5.49. The summed E-state index contributed by atoms with van der Waals surface area (Å²) in [6.07, 6.45) is 4.12. The van der Waals surface area contributed by atoms with Gasteiger partial charge in [-0.15, -0.1) is 0 Å². The number of rotatable bonds is 2. The Labute approximate surface area is 81.9 Å². The highest BCUT2D eigenvalue weighted by atomic mass is 16.1. The minimum Gasteiger partial charge on any atom is -0.299 e. The van der Waals surface area contributed by atoms with Crippen LogP contribution < -0.4 is 0 Å². The lowest BCUT2D eigenvalue weighted by molar-refractivity contribution is -0.129. The van der Waals surface area contributed by atoms with E-state index >= 15 is 0 Å². The van der Waals surface area contributed by atoms with E-state index in [1.807, 2.05) is 0 Å². The molecule has 0 aromatic heterocycles. The van der Waals surface area contributed by atoms with Gasteiger partial charge in [0.2, 0.25) is 0 Å². The van der Waals surface area contributed by atoms with Crippen molar-refractivity contribution in [2.75, 3.05) is 0 Å². The zero-order chi connectivity index (χ0) is 10.1. The molecular formula is C12H22O. The smallest absolute Gasteiger partial charge is 0.136 e. The van der Waals surface area contributed by atoms with Crippen LogP contribution in [0.3, 0.4) is 0 Å². The standard InChI is InChI=1S/C12H22O/c1-5-9(2)10-8-12(3,4)7-6-11(10)13/h9-10H,5-8H2,1-4H3/t9-,10-/m0/s1. The van der Waals surface area contributed by atoms with Gasteiger partial charge in [-0.25, -0.2) is 0 Å². The Kier molecular flexibility index (Phi) is 3.15. The summed E-state index contributed by atoms with van der Waals surface area (Å²) in [5.41, 5.74) is 0.391. The van der Waals surface area contributed by atoms with Crippen LogP contribution in [0.5, 0.6) is 0 Å². The Bertz CT molecular complexity index is 193. The molecule has 1 rings (SSSR count). The summed E-state index contributed by atoms with van der Waals surface area (Å²) in [4.78, 5) is 11.7. The Morgan fingerprint density at radius 2 is 2.15 bits per heavy atom. The molecule has 0 saturated heterocycles. The van der Waals surface area contributed by atoms with E-state index in [0.717, 1.165) is 25.7 Å². The summed E-state index contributed by atoms with van der Waals surface area (Å²) in [6.45, 7) is 8.97. The van der Waals surface area contributed by atoms with Crippen LogP contribution in [0.1, 0.15) is 53.4 Å². The van der Waals surface area contributed by atoms with Crippen molar-refractivity contribution >= 4 is 5.78 Å². The highest BCUT2D eigenvalue weighted by Crippen LogP contribution is 2.40. The number of Topliss-reactive ketones (excluding diaryl/α,β-unsaturated/α-hetero) is 1. The summed E-state index contributed by atoms with van der Waals surface area (Å²) < 4.78 is 0. The number of hydrogen-bond acceptors (Lipinski definition) is 1. The van der Waals surface area contributed by atoms with Crippen molar-refractivity contribution in [2.24, 2.45) is 17.3 Å². The highest BCUT2D eigenvalue weighted by molar-refractivity contribution is 5.82. The molecule has 0 bridgehead atoms. The van der Waals surface area contributed by atoms with Crippen molar-refractivity contribution in [3.63, 3.8) is 0 Å². The van der Waals surface area contributed by atoms with E-state index in [0.29, 0.717) is 23.0 Å². The molecule has 1 fully saturated rings. The maximum absolute atomic E-state index is 11.7. The molecule has 1 nitrogen and oxygen atoms in total. The third kappa shape index (κ3) is 2.55. The molecule has 0 radical (unpaired) electrons. The van der Waals surface area contributed by atoms with Gasteiger partial charge in [0.05, 0.1) is 0 Å². The molecule has 1 saturated carbocycles. The average molecular weight is 182 g/mol. The topological polar surface area (TPSA) is 17.1 Å². The lowest BCUT2D eigenvalue weighted by Crippen LogP contribution is -2.33. The van der Waals surface area contributed by atoms with Crippen molar-refractivity contribution < 1.29 is 4.79 Å². The lowest BCUT2D eigenvalue weighted by Gasteiger charge is -2.36. The van der Waals surface area contributed by atoms with Crippen LogP contribution in [0.15, 0.2) is 0 Å². The van der Waals surface area contributed by atoms with Crippen molar-refractivity contribution in [1.29, 1.82) is 0 Å². The number of carbonyl (C=O) groups is 1. The van der Waals surface area contributed by atoms with Crippen molar-refractivity contribution in [3.05, 3.63) is 0 Å². The average Bonchev–Trinajstić information content (AvgIpc) is 2.08. The summed E-state index contributed by atoms with van der Waals surface area (Å²) in [6, 6.07) is 0. The first kappa shape index (κ1) is 10.7. The first-order valence-electron chi connectivity index (χ1n) is 5.49. The fourth-order valence-corrected chi connectivity index (χ4v) is 2.26. The Morgan fingerprint density at radius 3 is 2.69 bits per heavy atom. The number of ketones is 1. The van der Waals surface area contributed by atoms with Crippen molar-refractivity contribution in [2.45, 2.75) is 53.4 Å². The minimum atomic E-state index is 0.341. The molecule has 0 aromatic carbocycles. The second-order valence-electron chi connectivity index (χ2n) is 5.33. The summed E-state index contributed by atoms with van der Waals surface area (Å²) in [5, 5.41) is 0. The molecule has 0 aliphatic heterocycles. The van der Waals surface area contributed by atoms with Crippen molar-refractivity contribution in [1.82, 2.24) is 0 Å². The monoisotopic (exact) mass is 182 g/mol. The van der Waals surface area contributed by atoms with Crippen LogP contribution >= 0.6 is 0 Å². The molecule has 0 amide bonds. The van der Waals surface area contributed by atoms with Crippen LogP contribution in [-0.2, 0) is 4.79 Å². The quantitative estimate of drug-likeness (QED) is 0.639. The van der Waals surface area contributed by atoms with Crippen LogP contribution in [0.25, 0.3) is 0 Å². The van der Waals surface area contributed by atoms with E-state index in [4.69, 9.17) is 0 Å². The van der Waals surface area contributed by atoms with Gasteiger partial charge < -0.3 is 0 Å². The maximum Gasteiger partial charge on any atom is 0.136 e. The van der Waals surface area contributed by atoms with E-state index in [-0.39, 0.29) is 0 Å². The third-order valence-electron chi connectivity index (χ3n) is 3.57. The van der Waals surface area contributed by atoms with Crippen LogP contribution in [-0.4, -0.2) is 5.78 Å². The molecule has 2 atom stereocenters. The third-order valence-corrected chi connectivity index (χ3v) is 3.57. The lowest BCUT2D eigenvalue weighted by atomic mass is 9.67. The van der Waals surface area contributed by atoms with Gasteiger partial charge in [0.15, 0.2) is 0 Å². The summed E-state index contributed by atoms with van der Waals surface area (Å²) >= 11 is 0. The van der Waals surface area contributed by atoms with Crippen LogP contribution in [0.4, 0.5) is 0 Å². The van der Waals surface area contributed by atoms with Crippen LogP contribution in [0, 0.1) is 17.3 Å². The fourth-order valence-electron chi connectivity index (χ4n) is 2.26. The molecular weight excluding hydrogens is 160 g/mol. The molecule has 1 aliphatic carbocycles. The Hall–Kier alpha value is -0.330. The van der Waals surface area contributed by atoms with Gasteiger partial charge in [-0.05, 0) is 24.2 Å². The molecule has 1 heteroatoms. The largest absolute Gasteiger partial charge is 0.299 e. The van der Waals surface area contributed by atoms with E-state index in [1.54, 1.807) is 0 Å². The van der Waals surface area contributed by atoms with Gasteiger partial charge in [0.1, 0.15) is 5.78 Å². The van der Waals surface area contributed by atoms with Gasteiger partial charge in [0.25, 0.3) is 0 Å². The van der Waals surface area contributed by atoms with E-state index < -0.39 is 0 Å². The summed E-state index contributed by atoms with van der Waals surface area (Å²) in [7, 11) is 0. The normalized spacial score (nSPS) is 30.2. The minimum absolute atomic E-state index is 0.341. The second kappa shape index (κ2) is 3.81. The zero-order valence-electron chi connectivity index (χ0n) is 9.39. The van der Waals surface area contributed by atoms with Gasteiger partial charge >= 0.3 is 0 Å².